The maximum absolute atomic E-state index is 12.3. The molecule has 0 radical (unpaired) electrons. The zero-order valence-corrected chi connectivity index (χ0v) is 5.39. The highest BCUT2D eigenvalue weighted by Crippen LogP contribution is 2.22. The van der Waals surface area contributed by atoms with Crippen molar-refractivity contribution in [3.63, 3.8) is 0 Å². The maximum Gasteiger partial charge on any atom is 0.235 e. The summed E-state index contributed by atoms with van der Waals surface area (Å²) in [7, 11) is 0. The van der Waals surface area contributed by atoms with Crippen molar-refractivity contribution >= 4 is 11.6 Å². The van der Waals surface area contributed by atoms with Gasteiger partial charge in [0, 0.05) is 6.42 Å². The normalized spacial score (nSPS) is 39.4. The zero-order chi connectivity index (χ0) is 8.59. The highest BCUT2D eigenvalue weighted by molar-refractivity contribution is 6.39. The van der Waals surface area contributed by atoms with E-state index in [0.717, 1.165) is 0 Å². The van der Waals surface area contributed by atoms with Crippen LogP contribution < -0.4 is 0 Å². The fourth-order valence-electron chi connectivity index (χ4n) is 0.872. The van der Waals surface area contributed by atoms with Crippen LogP contribution in [0.4, 0.5) is 13.2 Å². The first-order chi connectivity index (χ1) is 5.04. The predicted octanol–water partition coefficient (Wildman–Crippen LogP) is 0.543. The van der Waals surface area contributed by atoms with E-state index in [9.17, 15) is 22.8 Å². The Morgan fingerprint density at radius 1 is 1.18 bits per heavy atom. The Kier molecular flexibility index (Phi) is 1.97. The molecule has 0 spiro atoms. The third-order valence-electron chi connectivity index (χ3n) is 1.53. The molecule has 2 nitrogen and oxygen atoms in total. The van der Waals surface area contributed by atoms with Crippen LogP contribution in [0, 0.1) is 0 Å². The molecule has 11 heavy (non-hydrogen) atoms. The van der Waals surface area contributed by atoms with Gasteiger partial charge in [-0.3, -0.25) is 9.59 Å². The number of carbonyl (C=O) groups excluding carboxylic acids is 2. The Bertz CT molecular complexity index is 204. The Labute approximate surface area is 60.4 Å². The van der Waals surface area contributed by atoms with Crippen LogP contribution in [0.1, 0.15) is 6.42 Å². The van der Waals surface area contributed by atoms with Crippen molar-refractivity contribution in [1.82, 2.24) is 0 Å². The van der Waals surface area contributed by atoms with E-state index in [0.29, 0.717) is 0 Å². The molecule has 0 bridgehead atoms. The molecule has 0 aromatic rings. The summed E-state index contributed by atoms with van der Waals surface area (Å²) in [5.41, 5.74) is 0. The number of carbonyl (C=O) groups is 2. The van der Waals surface area contributed by atoms with Crippen molar-refractivity contribution in [3.8, 4) is 0 Å². The monoisotopic (exact) mass is 166 g/mol. The lowest BCUT2D eigenvalue weighted by atomic mass is 9.93. The fraction of sp³-hybridized carbons (Fsp3) is 0.667. The first kappa shape index (κ1) is 8.23. The Morgan fingerprint density at radius 2 is 1.73 bits per heavy atom. The van der Waals surface area contributed by atoms with Crippen molar-refractivity contribution < 1.29 is 22.8 Å². The summed E-state index contributed by atoms with van der Waals surface area (Å²) in [6, 6.07) is 0. The average Bonchev–Trinajstić information content (AvgIpc) is 1.97. The largest absolute Gasteiger partial charge is 0.291 e. The topological polar surface area (TPSA) is 34.1 Å². The van der Waals surface area contributed by atoms with Gasteiger partial charge in [0.2, 0.25) is 11.6 Å². The molecule has 1 saturated carbocycles. The van der Waals surface area contributed by atoms with Gasteiger partial charge in [0.25, 0.3) is 0 Å². The number of ketones is 2. The average molecular weight is 166 g/mol. The molecular formula is C6H5F3O2. The van der Waals surface area contributed by atoms with E-state index >= 15 is 0 Å². The molecule has 1 fully saturated rings. The molecule has 3 atom stereocenters. The molecule has 0 aromatic heterocycles. The second kappa shape index (κ2) is 2.64. The van der Waals surface area contributed by atoms with E-state index in [1.54, 1.807) is 0 Å². The van der Waals surface area contributed by atoms with Crippen LogP contribution in [0.25, 0.3) is 0 Å². The summed E-state index contributed by atoms with van der Waals surface area (Å²) in [5, 5.41) is 0. The van der Waals surface area contributed by atoms with E-state index < -0.39 is 36.5 Å². The van der Waals surface area contributed by atoms with Crippen molar-refractivity contribution in [1.29, 1.82) is 0 Å². The standard InChI is InChI=1S/C6H5F3O2/c7-2-1-3(10)6(11)5(9)4(2)8/h2,4-5H,1H2. The van der Waals surface area contributed by atoms with Crippen molar-refractivity contribution in [2.45, 2.75) is 24.9 Å². The van der Waals surface area contributed by atoms with E-state index in [2.05, 4.69) is 0 Å². The van der Waals surface area contributed by atoms with Crippen molar-refractivity contribution in [2.24, 2.45) is 0 Å². The molecule has 0 N–H and O–H groups in total. The Hall–Kier alpha value is -0.870. The van der Waals surface area contributed by atoms with Gasteiger partial charge in [0.1, 0.15) is 6.17 Å². The minimum Gasteiger partial charge on any atom is -0.291 e. The molecule has 0 aromatic carbocycles. The predicted molar refractivity (Wildman–Crippen MR) is 29.3 cm³/mol. The van der Waals surface area contributed by atoms with Gasteiger partial charge in [0.15, 0.2) is 12.3 Å². The van der Waals surface area contributed by atoms with E-state index in [1.165, 1.54) is 0 Å². The number of halogens is 3. The van der Waals surface area contributed by atoms with Crippen LogP contribution in [0.15, 0.2) is 0 Å². The number of Topliss-reactive ketones (excluding diaryl/α,β-unsaturated/α-hetero) is 2. The molecule has 0 amide bonds. The van der Waals surface area contributed by atoms with Crippen molar-refractivity contribution in [3.05, 3.63) is 0 Å². The molecule has 5 heteroatoms. The van der Waals surface area contributed by atoms with Gasteiger partial charge < -0.3 is 0 Å². The lowest BCUT2D eigenvalue weighted by Crippen LogP contribution is -2.45. The number of hydrogen-bond acceptors (Lipinski definition) is 2. The van der Waals surface area contributed by atoms with Gasteiger partial charge in [0.05, 0.1) is 0 Å². The molecule has 0 aliphatic heterocycles. The van der Waals surface area contributed by atoms with Crippen LogP contribution in [0.2, 0.25) is 0 Å². The second-order valence-corrected chi connectivity index (χ2v) is 2.35. The summed E-state index contributed by atoms with van der Waals surface area (Å²) < 4.78 is 36.8. The lowest BCUT2D eigenvalue weighted by molar-refractivity contribution is -0.146. The van der Waals surface area contributed by atoms with Crippen LogP contribution >= 0.6 is 0 Å². The van der Waals surface area contributed by atoms with Gasteiger partial charge in [-0.2, -0.15) is 0 Å². The molecule has 3 unspecified atom stereocenters. The summed E-state index contributed by atoms with van der Waals surface area (Å²) in [4.78, 5) is 20.7. The molecule has 0 heterocycles. The number of alkyl halides is 3. The van der Waals surface area contributed by atoms with Gasteiger partial charge in [-0.15, -0.1) is 0 Å². The zero-order valence-electron chi connectivity index (χ0n) is 5.39. The van der Waals surface area contributed by atoms with Crippen LogP contribution in [0.5, 0.6) is 0 Å². The fourth-order valence-corrected chi connectivity index (χ4v) is 0.872. The quantitative estimate of drug-likeness (QED) is 0.492. The van der Waals surface area contributed by atoms with Gasteiger partial charge in [-0.05, 0) is 0 Å². The van der Waals surface area contributed by atoms with Crippen LogP contribution in [-0.2, 0) is 9.59 Å². The van der Waals surface area contributed by atoms with Crippen LogP contribution in [-0.4, -0.2) is 30.1 Å². The molecular weight excluding hydrogens is 161 g/mol. The molecule has 1 aliphatic rings. The minimum atomic E-state index is -2.61. The van der Waals surface area contributed by atoms with Crippen molar-refractivity contribution in [2.75, 3.05) is 0 Å². The van der Waals surface area contributed by atoms with Gasteiger partial charge in [-0.1, -0.05) is 0 Å². The Morgan fingerprint density at radius 3 is 2.27 bits per heavy atom. The third kappa shape index (κ3) is 1.27. The lowest BCUT2D eigenvalue weighted by Gasteiger charge is -2.20. The number of hydrogen-bond donors (Lipinski definition) is 0. The molecule has 1 rings (SSSR count). The minimum absolute atomic E-state index is 0.833. The summed E-state index contributed by atoms with van der Waals surface area (Å²) in [6.07, 6.45) is -8.08. The third-order valence-corrected chi connectivity index (χ3v) is 1.53. The second-order valence-electron chi connectivity index (χ2n) is 2.35. The van der Waals surface area contributed by atoms with Crippen LogP contribution in [0.3, 0.4) is 0 Å². The molecule has 62 valence electrons. The first-order valence-electron chi connectivity index (χ1n) is 3.03. The van der Waals surface area contributed by atoms with E-state index in [4.69, 9.17) is 0 Å². The molecule has 1 aliphatic carbocycles. The van der Waals surface area contributed by atoms with E-state index in [1.807, 2.05) is 0 Å². The summed E-state index contributed by atoms with van der Waals surface area (Å²) in [5.74, 6) is -2.62. The van der Waals surface area contributed by atoms with Gasteiger partial charge >= 0.3 is 0 Å². The Balaban J connectivity index is 2.78. The molecule has 0 saturated heterocycles. The van der Waals surface area contributed by atoms with Gasteiger partial charge in [-0.25, -0.2) is 13.2 Å². The maximum atomic E-state index is 12.3. The first-order valence-corrected chi connectivity index (χ1v) is 3.03. The van der Waals surface area contributed by atoms with E-state index in [-0.39, 0.29) is 0 Å². The summed E-state index contributed by atoms with van der Waals surface area (Å²) in [6.45, 7) is 0. The highest BCUT2D eigenvalue weighted by Gasteiger charge is 2.44. The number of rotatable bonds is 0. The summed E-state index contributed by atoms with van der Waals surface area (Å²) >= 11 is 0. The smallest absolute Gasteiger partial charge is 0.235 e. The highest BCUT2D eigenvalue weighted by atomic mass is 19.2. The SMILES string of the molecule is O=C1CC(F)C(F)C(F)C1=O.